The van der Waals surface area contributed by atoms with E-state index in [9.17, 15) is 13.2 Å². The van der Waals surface area contributed by atoms with Crippen LogP contribution in [0.25, 0.3) is 0 Å². The fraction of sp³-hybridized carbons (Fsp3) is 0.818. The van der Waals surface area contributed by atoms with E-state index in [0.29, 0.717) is 18.1 Å². The highest BCUT2D eigenvalue weighted by Gasteiger charge is 2.46. The molecular formula is C11H16F3N3O. The van der Waals surface area contributed by atoms with Gasteiger partial charge >= 0.3 is 6.18 Å². The Labute approximate surface area is 103 Å². The van der Waals surface area contributed by atoms with Crippen molar-refractivity contribution in [2.75, 3.05) is 0 Å². The average Bonchev–Trinajstić information content (AvgIpc) is 2.77. The van der Waals surface area contributed by atoms with Gasteiger partial charge in [-0.25, -0.2) is 0 Å². The number of aromatic nitrogens is 2. The summed E-state index contributed by atoms with van der Waals surface area (Å²) in [6.45, 7) is 1.86. The molecule has 4 nitrogen and oxygen atoms in total. The van der Waals surface area contributed by atoms with Gasteiger partial charge < -0.3 is 10.3 Å². The highest BCUT2D eigenvalue weighted by atomic mass is 19.4. The molecule has 0 atom stereocenters. The molecule has 1 saturated carbocycles. The van der Waals surface area contributed by atoms with E-state index in [4.69, 9.17) is 10.3 Å². The molecule has 7 heteroatoms. The van der Waals surface area contributed by atoms with Gasteiger partial charge in [0.05, 0.1) is 11.5 Å². The second kappa shape index (κ2) is 4.53. The zero-order valence-electron chi connectivity index (χ0n) is 10.1. The summed E-state index contributed by atoms with van der Waals surface area (Å²) in [5, 5.41) is 3.78. The number of hydrogen-bond donors (Lipinski definition) is 1. The lowest BCUT2D eigenvalue weighted by atomic mass is 9.76. The van der Waals surface area contributed by atoms with Gasteiger partial charge in [0.15, 0.2) is 5.82 Å². The van der Waals surface area contributed by atoms with Crippen molar-refractivity contribution in [2.45, 2.75) is 50.7 Å². The molecule has 18 heavy (non-hydrogen) atoms. The van der Waals surface area contributed by atoms with E-state index >= 15 is 0 Å². The highest BCUT2D eigenvalue weighted by molar-refractivity contribution is 5.06. The molecule has 0 unspecified atom stereocenters. The van der Waals surface area contributed by atoms with Crippen LogP contribution in [-0.2, 0) is 12.0 Å². The number of hydrogen-bond acceptors (Lipinski definition) is 4. The first-order chi connectivity index (χ1) is 8.35. The van der Waals surface area contributed by atoms with Crippen LogP contribution >= 0.6 is 0 Å². The predicted octanol–water partition coefficient (Wildman–Crippen LogP) is 2.54. The molecule has 1 heterocycles. The zero-order chi connectivity index (χ0) is 13.4. The average molecular weight is 263 g/mol. The first kappa shape index (κ1) is 13.3. The van der Waals surface area contributed by atoms with Crippen molar-refractivity contribution in [3.63, 3.8) is 0 Å². The van der Waals surface area contributed by atoms with Crippen LogP contribution in [0.15, 0.2) is 4.52 Å². The Balaban J connectivity index is 2.07. The van der Waals surface area contributed by atoms with E-state index < -0.39 is 17.6 Å². The highest BCUT2D eigenvalue weighted by Crippen LogP contribution is 2.43. The third-order valence-corrected chi connectivity index (χ3v) is 3.56. The maximum absolute atomic E-state index is 12.6. The number of alkyl halides is 3. The minimum absolute atomic E-state index is 0.0238. The van der Waals surface area contributed by atoms with Crippen LogP contribution in [0.1, 0.15) is 44.3 Å². The monoisotopic (exact) mass is 263 g/mol. The van der Waals surface area contributed by atoms with Crippen molar-refractivity contribution in [2.24, 2.45) is 11.7 Å². The van der Waals surface area contributed by atoms with E-state index in [2.05, 4.69) is 10.1 Å². The summed E-state index contributed by atoms with van der Waals surface area (Å²) in [6.07, 6.45) is -3.02. The van der Waals surface area contributed by atoms with Crippen LogP contribution in [0.2, 0.25) is 0 Å². The molecule has 1 fully saturated rings. The van der Waals surface area contributed by atoms with Gasteiger partial charge in [-0.05, 0) is 25.7 Å². The molecular weight excluding hydrogens is 247 g/mol. The molecule has 1 aliphatic rings. The molecule has 1 aromatic rings. The SMILES string of the molecule is CCc1nc(C2(N)CCC(C(F)(F)F)CC2)no1. The number of rotatable bonds is 2. The topological polar surface area (TPSA) is 64.9 Å². The van der Waals surface area contributed by atoms with Crippen LogP contribution in [0.4, 0.5) is 13.2 Å². The Morgan fingerprint density at radius 3 is 2.44 bits per heavy atom. The fourth-order valence-electron chi connectivity index (χ4n) is 2.28. The molecule has 0 saturated heterocycles. The van der Waals surface area contributed by atoms with E-state index in [0.717, 1.165) is 0 Å². The summed E-state index contributed by atoms with van der Waals surface area (Å²) in [6, 6.07) is 0. The molecule has 0 spiro atoms. The summed E-state index contributed by atoms with van der Waals surface area (Å²) in [7, 11) is 0. The molecule has 102 valence electrons. The van der Waals surface area contributed by atoms with Crippen molar-refractivity contribution in [1.29, 1.82) is 0 Å². The lowest BCUT2D eigenvalue weighted by Gasteiger charge is -2.35. The summed E-state index contributed by atoms with van der Waals surface area (Å²) in [5.74, 6) is -0.459. The Bertz CT molecular complexity index is 408. The van der Waals surface area contributed by atoms with Gasteiger partial charge in [-0.1, -0.05) is 12.1 Å². The summed E-state index contributed by atoms with van der Waals surface area (Å²) in [4.78, 5) is 4.13. The largest absolute Gasteiger partial charge is 0.391 e. The van der Waals surface area contributed by atoms with Crippen LogP contribution in [0.5, 0.6) is 0 Å². The number of nitrogens with zero attached hydrogens (tertiary/aromatic N) is 2. The summed E-state index contributed by atoms with van der Waals surface area (Å²) in [5.41, 5.74) is 5.23. The molecule has 1 aromatic heterocycles. The fourth-order valence-corrected chi connectivity index (χ4v) is 2.28. The summed E-state index contributed by atoms with van der Waals surface area (Å²) < 4.78 is 42.7. The van der Waals surface area contributed by atoms with E-state index in [1.54, 1.807) is 0 Å². The number of nitrogens with two attached hydrogens (primary N) is 1. The third-order valence-electron chi connectivity index (χ3n) is 3.56. The number of halogens is 3. The van der Waals surface area contributed by atoms with E-state index in [1.807, 2.05) is 6.92 Å². The molecule has 2 rings (SSSR count). The number of aryl methyl sites for hydroxylation is 1. The predicted molar refractivity (Wildman–Crippen MR) is 57.6 cm³/mol. The van der Waals surface area contributed by atoms with Crippen molar-refractivity contribution in [3.8, 4) is 0 Å². The van der Waals surface area contributed by atoms with E-state index in [-0.39, 0.29) is 25.7 Å². The molecule has 0 aliphatic heterocycles. The smallest absolute Gasteiger partial charge is 0.339 e. The minimum atomic E-state index is -4.13. The maximum Gasteiger partial charge on any atom is 0.391 e. The van der Waals surface area contributed by atoms with Gasteiger partial charge in [0.1, 0.15) is 0 Å². The van der Waals surface area contributed by atoms with Gasteiger partial charge in [0.2, 0.25) is 5.89 Å². The Morgan fingerprint density at radius 2 is 2.00 bits per heavy atom. The quantitative estimate of drug-likeness (QED) is 0.890. The Kier molecular flexibility index (Phi) is 3.35. The molecule has 0 radical (unpaired) electrons. The lowest BCUT2D eigenvalue weighted by molar-refractivity contribution is -0.185. The standard InChI is InChI=1S/C11H16F3N3O/c1-2-8-16-9(17-18-8)10(15)5-3-7(4-6-10)11(12,13)14/h7H,2-6,15H2,1H3. The maximum atomic E-state index is 12.6. The van der Waals surface area contributed by atoms with Gasteiger partial charge in [-0.15, -0.1) is 0 Å². The summed E-state index contributed by atoms with van der Waals surface area (Å²) >= 11 is 0. The first-order valence-corrected chi connectivity index (χ1v) is 6.04. The molecule has 0 bridgehead atoms. The zero-order valence-corrected chi connectivity index (χ0v) is 10.1. The minimum Gasteiger partial charge on any atom is -0.339 e. The Hall–Kier alpha value is -1.11. The molecule has 0 aromatic carbocycles. The van der Waals surface area contributed by atoms with Crippen LogP contribution in [0.3, 0.4) is 0 Å². The Morgan fingerprint density at radius 1 is 1.39 bits per heavy atom. The van der Waals surface area contributed by atoms with Crippen molar-refractivity contribution in [1.82, 2.24) is 10.1 Å². The van der Waals surface area contributed by atoms with Crippen molar-refractivity contribution >= 4 is 0 Å². The van der Waals surface area contributed by atoms with Crippen molar-refractivity contribution < 1.29 is 17.7 Å². The second-order valence-corrected chi connectivity index (χ2v) is 4.84. The van der Waals surface area contributed by atoms with Crippen LogP contribution < -0.4 is 5.73 Å². The van der Waals surface area contributed by atoms with E-state index in [1.165, 1.54) is 0 Å². The second-order valence-electron chi connectivity index (χ2n) is 4.84. The van der Waals surface area contributed by atoms with Crippen LogP contribution in [-0.4, -0.2) is 16.3 Å². The van der Waals surface area contributed by atoms with Gasteiger partial charge in [-0.3, -0.25) is 0 Å². The normalized spacial score (nSPS) is 29.5. The molecule has 2 N–H and O–H groups in total. The van der Waals surface area contributed by atoms with Crippen LogP contribution in [0, 0.1) is 5.92 Å². The molecule has 0 amide bonds. The lowest BCUT2D eigenvalue weighted by Crippen LogP contribution is -2.43. The third kappa shape index (κ3) is 2.50. The molecule has 1 aliphatic carbocycles. The van der Waals surface area contributed by atoms with Crippen molar-refractivity contribution in [3.05, 3.63) is 11.7 Å². The van der Waals surface area contributed by atoms with Gasteiger partial charge in [0.25, 0.3) is 0 Å². The first-order valence-electron chi connectivity index (χ1n) is 6.04. The van der Waals surface area contributed by atoms with Gasteiger partial charge in [-0.2, -0.15) is 18.2 Å². The van der Waals surface area contributed by atoms with Gasteiger partial charge in [0, 0.05) is 6.42 Å².